The zero-order valence-electron chi connectivity index (χ0n) is 10.6. The fourth-order valence-electron chi connectivity index (χ4n) is 2.31. The van der Waals surface area contributed by atoms with E-state index in [0.717, 1.165) is 26.5 Å². The Morgan fingerprint density at radius 2 is 1.90 bits per heavy atom. The molecule has 1 heterocycles. The molecule has 0 spiro atoms. The third kappa shape index (κ3) is 2.57. The van der Waals surface area contributed by atoms with Gasteiger partial charge in [-0.2, -0.15) is 0 Å². The van der Waals surface area contributed by atoms with Crippen LogP contribution >= 0.6 is 27.5 Å². The standard InChI is InChI=1S/C16H12BrClN2/c17-12-7-11(8-13(18)9-12)15(19)14-5-1-3-10-4-2-6-20-16(10)14/h1-9,15H,19H2. The Morgan fingerprint density at radius 1 is 1.10 bits per heavy atom. The summed E-state index contributed by atoms with van der Waals surface area (Å²) >= 11 is 9.55. The average Bonchev–Trinajstić information content (AvgIpc) is 2.45. The summed E-state index contributed by atoms with van der Waals surface area (Å²) < 4.78 is 0.920. The number of aromatic nitrogens is 1. The maximum Gasteiger partial charge on any atom is 0.0753 e. The summed E-state index contributed by atoms with van der Waals surface area (Å²) in [6.45, 7) is 0. The van der Waals surface area contributed by atoms with Crippen LogP contribution in [0.5, 0.6) is 0 Å². The van der Waals surface area contributed by atoms with Gasteiger partial charge >= 0.3 is 0 Å². The van der Waals surface area contributed by atoms with E-state index < -0.39 is 0 Å². The minimum atomic E-state index is -0.261. The summed E-state index contributed by atoms with van der Waals surface area (Å²) in [6, 6.07) is 15.5. The molecule has 2 nitrogen and oxygen atoms in total. The molecule has 0 radical (unpaired) electrons. The van der Waals surface area contributed by atoms with Crippen molar-refractivity contribution >= 4 is 38.4 Å². The van der Waals surface area contributed by atoms with Crippen molar-refractivity contribution in [1.82, 2.24) is 4.98 Å². The van der Waals surface area contributed by atoms with Gasteiger partial charge in [0.25, 0.3) is 0 Å². The summed E-state index contributed by atoms with van der Waals surface area (Å²) in [4.78, 5) is 4.45. The summed E-state index contributed by atoms with van der Waals surface area (Å²) in [5, 5.41) is 1.75. The Bertz CT molecular complexity index is 748. The maximum absolute atomic E-state index is 6.40. The van der Waals surface area contributed by atoms with E-state index in [0.29, 0.717) is 5.02 Å². The van der Waals surface area contributed by atoms with Gasteiger partial charge in [0.05, 0.1) is 11.6 Å². The summed E-state index contributed by atoms with van der Waals surface area (Å²) in [6.07, 6.45) is 1.78. The number of fused-ring (bicyclic) bond motifs is 1. The molecule has 3 rings (SSSR count). The first kappa shape index (κ1) is 13.6. The van der Waals surface area contributed by atoms with Gasteiger partial charge in [0.15, 0.2) is 0 Å². The Hall–Kier alpha value is -1.42. The lowest BCUT2D eigenvalue weighted by Gasteiger charge is -2.15. The lowest BCUT2D eigenvalue weighted by atomic mass is 9.97. The molecule has 4 heteroatoms. The van der Waals surface area contributed by atoms with Crippen LogP contribution in [0.1, 0.15) is 17.2 Å². The summed E-state index contributed by atoms with van der Waals surface area (Å²) in [7, 11) is 0. The van der Waals surface area contributed by atoms with Crippen molar-refractivity contribution < 1.29 is 0 Å². The van der Waals surface area contributed by atoms with Crippen molar-refractivity contribution in [3.63, 3.8) is 0 Å². The fourth-order valence-corrected chi connectivity index (χ4v) is 3.20. The minimum absolute atomic E-state index is 0.261. The molecule has 2 N–H and O–H groups in total. The van der Waals surface area contributed by atoms with Crippen LogP contribution in [0.15, 0.2) is 59.2 Å². The number of rotatable bonds is 2. The number of para-hydroxylation sites is 1. The molecule has 1 aromatic heterocycles. The Labute approximate surface area is 130 Å². The average molecular weight is 348 g/mol. The van der Waals surface area contributed by atoms with Crippen molar-refractivity contribution in [2.24, 2.45) is 5.73 Å². The van der Waals surface area contributed by atoms with Gasteiger partial charge in [0.1, 0.15) is 0 Å². The lowest BCUT2D eigenvalue weighted by Crippen LogP contribution is -2.12. The van der Waals surface area contributed by atoms with E-state index in [1.54, 1.807) is 6.20 Å². The van der Waals surface area contributed by atoms with Gasteiger partial charge in [-0.3, -0.25) is 4.98 Å². The van der Waals surface area contributed by atoms with Crippen LogP contribution in [0, 0.1) is 0 Å². The van der Waals surface area contributed by atoms with Gasteiger partial charge in [-0.15, -0.1) is 0 Å². The van der Waals surface area contributed by atoms with Crippen LogP contribution in [-0.2, 0) is 0 Å². The molecule has 1 unspecified atom stereocenters. The first-order valence-electron chi connectivity index (χ1n) is 6.20. The number of hydrogen-bond acceptors (Lipinski definition) is 2. The Morgan fingerprint density at radius 3 is 2.70 bits per heavy atom. The Balaban J connectivity index is 2.15. The highest BCUT2D eigenvalue weighted by Crippen LogP contribution is 2.29. The third-order valence-corrected chi connectivity index (χ3v) is 3.92. The second-order valence-corrected chi connectivity index (χ2v) is 5.95. The highest BCUT2D eigenvalue weighted by atomic mass is 79.9. The van der Waals surface area contributed by atoms with Gasteiger partial charge < -0.3 is 5.73 Å². The molecule has 20 heavy (non-hydrogen) atoms. The van der Waals surface area contributed by atoms with E-state index in [4.69, 9.17) is 17.3 Å². The molecule has 0 saturated heterocycles. The van der Waals surface area contributed by atoms with Crippen LogP contribution in [0.2, 0.25) is 5.02 Å². The zero-order valence-corrected chi connectivity index (χ0v) is 12.9. The van der Waals surface area contributed by atoms with E-state index in [9.17, 15) is 0 Å². The molecule has 2 aromatic carbocycles. The lowest BCUT2D eigenvalue weighted by molar-refractivity contribution is 0.876. The van der Waals surface area contributed by atoms with E-state index in [1.165, 1.54) is 0 Å². The maximum atomic E-state index is 6.40. The predicted molar refractivity (Wildman–Crippen MR) is 86.9 cm³/mol. The molecule has 3 aromatic rings. The second-order valence-electron chi connectivity index (χ2n) is 4.60. The fraction of sp³-hybridized carbons (Fsp3) is 0.0625. The smallest absolute Gasteiger partial charge is 0.0753 e. The SMILES string of the molecule is NC(c1cc(Cl)cc(Br)c1)c1cccc2cccnc12. The van der Waals surface area contributed by atoms with Crippen LogP contribution in [0.25, 0.3) is 10.9 Å². The van der Waals surface area contributed by atoms with E-state index >= 15 is 0 Å². The van der Waals surface area contributed by atoms with Gasteiger partial charge in [0.2, 0.25) is 0 Å². The molecule has 1 atom stereocenters. The first-order chi connectivity index (χ1) is 9.65. The number of benzene rings is 2. The monoisotopic (exact) mass is 346 g/mol. The zero-order chi connectivity index (χ0) is 14.1. The van der Waals surface area contributed by atoms with Crippen molar-refractivity contribution in [1.29, 1.82) is 0 Å². The number of pyridine rings is 1. The van der Waals surface area contributed by atoms with E-state index in [2.05, 4.69) is 20.9 Å². The topological polar surface area (TPSA) is 38.9 Å². The normalized spacial score (nSPS) is 12.6. The van der Waals surface area contributed by atoms with Crippen LogP contribution in [0.3, 0.4) is 0 Å². The van der Waals surface area contributed by atoms with Gasteiger partial charge in [-0.25, -0.2) is 0 Å². The molecule has 0 amide bonds. The van der Waals surface area contributed by atoms with Crippen LogP contribution in [0.4, 0.5) is 0 Å². The molecular formula is C16H12BrClN2. The molecule has 0 saturated carbocycles. The first-order valence-corrected chi connectivity index (χ1v) is 7.37. The molecular weight excluding hydrogens is 336 g/mol. The number of halogens is 2. The predicted octanol–water partition coefficient (Wildman–Crippen LogP) is 4.70. The molecule has 0 fully saturated rings. The van der Waals surface area contributed by atoms with Crippen molar-refractivity contribution in [2.75, 3.05) is 0 Å². The van der Waals surface area contributed by atoms with E-state index in [1.807, 2.05) is 48.5 Å². The molecule has 0 bridgehead atoms. The molecule has 0 aliphatic heterocycles. The second kappa shape index (κ2) is 5.52. The van der Waals surface area contributed by atoms with E-state index in [-0.39, 0.29) is 6.04 Å². The molecule has 0 aliphatic rings. The van der Waals surface area contributed by atoms with Gasteiger partial charge in [0, 0.05) is 21.1 Å². The third-order valence-electron chi connectivity index (χ3n) is 3.24. The summed E-state index contributed by atoms with van der Waals surface area (Å²) in [5.41, 5.74) is 9.29. The summed E-state index contributed by atoms with van der Waals surface area (Å²) in [5.74, 6) is 0. The van der Waals surface area contributed by atoms with Gasteiger partial charge in [-0.05, 0) is 35.4 Å². The molecule has 0 aliphatic carbocycles. The highest BCUT2D eigenvalue weighted by Gasteiger charge is 2.14. The highest BCUT2D eigenvalue weighted by molar-refractivity contribution is 9.10. The van der Waals surface area contributed by atoms with Crippen LogP contribution < -0.4 is 5.73 Å². The van der Waals surface area contributed by atoms with Gasteiger partial charge in [-0.1, -0.05) is 51.8 Å². The van der Waals surface area contributed by atoms with Crippen molar-refractivity contribution in [3.05, 3.63) is 75.4 Å². The van der Waals surface area contributed by atoms with Crippen molar-refractivity contribution in [2.45, 2.75) is 6.04 Å². The quantitative estimate of drug-likeness (QED) is 0.730. The number of nitrogens with zero attached hydrogens (tertiary/aromatic N) is 1. The van der Waals surface area contributed by atoms with Crippen LogP contribution in [-0.4, -0.2) is 4.98 Å². The minimum Gasteiger partial charge on any atom is -0.320 e. The number of hydrogen-bond donors (Lipinski definition) is 1. The largest absolute Gasteiger partial charge is 0.320 e. The number of nitrogens with two attached hydrogens (primary N) is 1. The van der Waals surface area contributed by atoms with Crippen molar-refractivity contribution in [3.8, 4) is 0 Å². The Kier molecular flexibility index (Phi) is 3.74. The molecule has 100 valence electrons.